The van der Waals surface area contributed by atoms with Crippen LogP contribution < -0.4 is 10.6 Å². The van der Waals surface area contributed by atoms with E-state index in [4.69, 9.17) is 29.6 Å². The molecule has 0 heterocycles. The molecule has 0 fully saturated rings. The summed E-state index contributed by atoms with van der Waals surface area (Å²) < 4.78 is 0. The van der Waals surface area contributed by atoms with Gasteiger partial charge in [0.05, 0.1) is 0 Å². The summed E-state index contributed by atoms with van der Waals surface area (Å²) in [6, 6.07) is 4.48. The molecule has 2 N–H and O–H groups in total. The molecule has 1 aromatic rings. The van der Waals surface area contributed by atoms with Crippen LogP contribution >= 0.6 is 23.2 Å². The fraction of sp³-hybridized carbons (Fsp3) is 0.308. The summed E-state index contributed by atoms with van der Waals surface area (Å²) in [5.41, 5.74) is 0.542. The zero-order valence-electron chi connectivity index (χ0n) is 9.97. The van der Waals surface area contributed by atoms with Crippen LogP contribution in [0.2, 0.25) is 10.0 Å². The predicted molar refractivity (Wildman–Crippen MR) is 76.1 cm³/mol. The van der Waals surface area contributed by atoms with Gasteiger partial charge in [0.25, 0.3) is 0 Å². The first-order chi connectivity index (χ1) is 8.55. The van der Waals surface area contributed by atoms with E-state index in [1.54, 1.807) is 18.2 Å². The Bertz CT molecular complexity index is 448. The molecule has 1 rings (SSSR count). The molecule has 1 aromatic carbocycles. The Labute approximate surface area is 117 Å². The number of carbonyl (C=O) groups excluding carboxylic acids is 1. The molecule has 1 atom stereocenters. The molecule has 0 bridgehead atoms. The zero-order chi connectivity index (χ0) is 13.5. The lowest BCUT2D eigenvalue weighted by Crippen LogP contribution is -2.37. The molecule has 0 aliphatic heterocycles. The molecular weight excluding hydrogens is 271 g/mol. The molecule has 3 nitrogen and oxygen atoms in total. The van der Waals surface area contributed by atoms with Crippen molar-refractivity contribution in [3.8, 4) is 12.3 Å². The Kier molecular flexibility index (Phi) is 5.84. The first kappa shape index (κ1) is 14.7. The number of terminal acetylenes is 1. The number of halogens is 2. The SMILES string of the molecule is C#CCC(CC)NC(=O)Nc1cc(Cl)cc(Cl)c1. The van der Waals surface area contributed by atoms with E-state index in [-0.39, 0.29) is 12.1 Å². The van der Waals surface area contributed by atoms with E-state index in [2.05, 4.69) is 16.6 Å². The van der Waals surface area contributed by atoms with Gasteiger partial charge < -0.3 is 10.6 Å². The minimum Gasteiger partial charge on any atom is -0.334 e. The Hall–Kier alpha value is -1.37. The first-order valence-corrected chi connectivity index (χ1v) is 6.27. The number of carbonyl (C=O) groups is 1. The minimum atomic E-state index is -0.324. The molecule has 18 heavy (non-hydrogen) atoms. The highest BCUT2D eigenvalue weighted by atomic mass is 35.5. The van der Waals surface area contributed by atoms with Crippen molar-refractivity contribution in [1.29, 1.82) is 0 Å². The lowest BCUT2D eigenvalue weighted by atomic mass is 10.1. The van der Waals surface area contributed by atoms with Gasteiger partial charge in [0.15, 0.2) is 0 Å². The van der Waals surface area contributed by atoms with Gasteiger partial charge in [-0.3, -0.25) is 0 Å². The van der Waals surface area contributed by atoms with Crippen molar-refractivity contribution in [1.82, 2.24) is 5.32 Å². The standard InChI is InChI=1S/C13H14Cl2N2O/c1-3-5-11(4-2)16-13(18)17-12-7-9(14)6-10(15)8-12/h1,6-8,11H,4-5H2,2H3,(H2,16,17,18). The van der Waals surface area contributed by atoms with Crippen LogP contribution in [-0.2, 0) is 0 Å². The van der Waals surface area contributed by atoms with Crippen LogP contribution in [0.3, 0.4) is 0 Å². The molecular formula is C13H14Cl2N2O. The van der Waals surface area contributed by atoms with Crippen LogP contribution in [-0.4, -0.2) is 12.1 Å². The van der Waals surface area contributed by atoms with Gasteiger partial charge in [0.1, 0.15) is 0 Å². The number of anilines is 1. The second-order valence-corrected chi connectivity index (χ2v) is 4.64. The number of amides is 2. The fourth-order valence-corrected chi connectivity index (χ4v) is 1.94. The van der Waals surface area contributed by atoms with E-state index in [0.29, 0.717) is 22.2 Å². The predicted octanol–water partition coefficient (Wildman–Crippen LogP) is 3.92. The molecule has 1 unspecified atom stereocenters. The molecule has 0 saturated carbocycles. The highest BCUT2D eigenvalue weighted by Gasteiger charge is 2.09. The summed E-state index contributed by atoms with van der Waals surface area (Å²) in [6.07, 6.45) is 6.49. The van der Waals surface area contributed by atoms with Crippen molar-refractivity contribution in [3.63, 3.8) is 0 Å². The molecule has 2 amide bonds. The number of urea groups is 1. The van der Waals surface area contributed by atoms with Crippen LogP contribution in [0.1, 0.15) is 19.8 Å². The second kappa shape index (κ2) is 7.15. The first-order valence-electron chi connectivity index (χ1n) is 5.52. The van der Waals surface area contributed by atoms with Crippen LogP contribution in [0.15, 0.2) is 18.2 Å². The second-order valence-electron chi connectivity index (χ2n) is 3.77. The van der Waals surface area contributed by atoms with Crippen molar-refractivity contribution in [2.45, 2.75) is 25.8 Å². The molecule has 0 saturated heterocycles. The maximum atomic E-state index is 11.7. The summed E-state index contributed by atoms with van der Waals surface area (Å²) in [4.78, 5) is 11.7. The third kappa shape index (κ3) is 4.87. The Balaban J connectivity index is 2.61. The van der Waals surface area contributed by atoms with Gasteiger partial charge in [0.2, 0.25) is 0 Å². The van der Waals surface area contributed by atoms with Crippen LogP contribution in [0, 0.1) is 12.3 Å². The molecule has 96 valence electrons. The Morgan fingerprint density at radius 1 is 1.39 bits per heavy atom. The lowest BCUT2D eigenvalue weighted by Gasteiger charge is -2.15. The van der Waals surface area contributed by atoms with Crippen molar-refractivity contribution >= 4 is 34.9 Å². The van der Waals surface area contributed by atoms with Crippen molar-refractivity contribution in [2.24, 2.45) is 0 Å². The minimum absolute atomic E-state index is 0.0374. The molecule has 0 radical (unpaired) electrons. The van der Waals surface area contributed by atoms with Gasteiger partial charge in [-0.2, -0.15) is 0 Å². The summed E-state index contributed by atoms with van der Waals surface area (Å²) >= 11 is 11.7. The van der Waals surface area contributed by atoms with E-state index in [9.17, 15) is 4.79 Å². The van der Waals surface area contributed by atoms with Gasteiger partial charge in [-0.05, 0) is 24.6 Å². The van der Waals surface area contributed by atoms with Gasteiger partial charge in [-0.15, -0.1) is 12.3 Å². The maximum Gasteiger partial charge on any atom is 0.319 e. The molecule has 0 aliphatic carbocycles. The summed E-state index contributed by atoms with van der Waals surface area (Å²) in [5.74, 6) is 2.52. The van der Waals surface area contributed by atoms with E-state index < -0.39 is 0 Å². The molecule has 0 aromatic heterocycles. The lowest BCUT2D eigenvalue weighted by molar-refractivity contribution is 0.248. The highest BCUT2D eigenvalue weighted by Crippen LogP contribution is 2.22. The van der Waals surface area contributed by atoms with Gasteiger partial charge in [-0.1, -0.05) is 30.1 Å². The monoisotopic (exact) mass is 284 g/mol. The van der Waals surface area contributed by atoms with E-state index in [0.717, 1.165) is 6.42 Å². The van der Waals surface area contributed by atoms with Gasteiger partial charge in [-0.25, -0.2) is 4.79 Å². The average Bonchev–Trinajstić information content (AvgIpc) is 2.26. The fourth-order valence-electron chi connectivity index (χ4n) is 1.42. The topological polar surface area (TPSA) is 41.1 Å². The maximum absolute atomic E-state index is 11.7. The van der Waals surface area contributed by atoms with E-state index in [1.807, 2.05) is 6.92 Å². The normalized spacial score (nSPS) is 11.4. The summed E-state index contributed by atoms with van der Waals surface area (Å²) in [6.45, 7) is 1.96. The molecule has 0 spiro atoms. The zero-order valence-corrected chi connectivity index (χ0v) is 11.5. The van der Waals surface area contributed by atoms with Crippen molar-refractivity contribution < 1.29 is 4.79 Å². The van der Waals surface area contributed by atoms with Crippen LogP contribution in [0.5, 0.6) is 0 Å². The summed E-state index contributed by atoms with van der Waals surface area (Å²) in [7, 11) is 0. The van der Waals surface area contributed by atoms with Crippen molar-refractivity contribution in [3.05, 3.63) is 28.2 Å². The highest BCUT2D eigenvalue weighted by molar-refractivity contribution is 6.35. The smallest absolute Gasteiger partial charge is 0.319 e. The third-order valence-corrected chi connectivity index (χ3v) is 2.75. The quantitative estimate of drug-likeness (QED) is 0.809. The van der Waals surface area contributed by atoms with E-state index in [1.165, 1.54) is 0 Å². The van der Waals surface area contributed by atoms with Crippen molar-refractivity contribution in [2.75, 3.05) is 5.32 Å². The summed E-state index contributed by atoms with van der Waals surface area (Å²) in [5, 5.41) is 6.37. The molecule has 5 heteroatoms. The number of nitrogens with one attached hydrogen (secondary N) is 2. The van der Waals surface area contributed by atoms with Gasteiger partial charge >= 0.3 is 6.03 Å². The number of hydrogen-bond acceptors (Lipinski definition) is 1. The number of benzene rings is 1. The Morgan fingerprint density at radius 3 is 2.50 bits per heavy atom. The van der Waals surface area contributed by atoms with Crippen LogP contribution in [0.25, 0.3) is 0 Å². The third-order valence-electron chi connectivity index (χ3n) is 2.31. The number of rotatable bonds is 4. The molecule has 0 aliphatic rings. The number of hydrogen-bond donors (Lipinski definition) is 2. The van der Waals surface area contributed by atoms with Crippen LogP contribution in [0.4, 0.5) is 10.5 Å². The largest absolute Gasteiger partial charge is 0.334 e. The van der Waals surface area contributed by atoms with Gasteiger partial charge in [0, 0.05) is 28.2 Å². The van der Waals surface area contributed by atoms with E-state index >= 15 is 0 Å². The average molecular weight is 285 g/mol. The Morgan fingerprint density at radius 2 is 2.00 bits per heavy atom.